The molecular weight excluding hydrogens is 300 g/mol. The third-order valence-electron chi connectivity index (χ3n) is 4.65. The van der Waals surface area contributed by atoms with Gasteiger partial charge in [0.1, 0.15) is 0 Å². The van der Waals surface area contributed by atoms with Gasteiger partial charge >= 0.3 is 0 Å². The van der Waals surface area contributed by atoms with Crippen molar-refractivity contribution in [1.29, 1.82) is 0 Å². The van der Waals surface area contributed by atoms with E-state index >= 15 is 0 Å². The summed E-state index contributed by atoms with van der Waals surface area (Å²) >= 11 is 0. The van der Waals surface area contributed by atoms with E-state index in [1.807, 2.05) is 59.4 Å². The maximum Gasteiger partial charge on any atom is 0.236 e. The number of benzene rings is 1. The van der Waals surface area contributed by atoms with E-state index in [4.69, 9.17) is 0 Å². The van der Waals surface area contributed by atoms with Gasteiger partial charge in [0.15, 0.2) is 0 Å². The molecule has 0 saturated carbocycles. The summed E-state index contributed by atoms with van der Waals surface area (Å²) in [7, 11) is 1.99. The Morgan fingerprint density at radius 1 is 1.25 bits per heavy atom. The van der Waals surface area contributed by atoms with Crippen LogP contribution in [0.3, 0.4) is 0 Å². The molecule has 0 radical (unpaired) electrons. The Bertz CT molecular complexity index is 659. The molecule has 1 aromatic heterocycles. The maximum atomic E-state index is 12.4. The van der Waals surface area contributed by atoms with Crippen LogP contribution >= 0.6 is 0 Å². The van der Waals surface area contributed by atoms with Crippen LogP contribution in [0.5, 0.6) is 0 Å². The van der Waals surface area contributed by atoms with Crippen molar-refractivity contribution in [2.75, 3.05) is 26.7 Å². The van der Waals surface area contributed by atoms with Crippen LogP contribution in [0.25, 0.3) is 5.69 Å². The standard InChI is InChI=1S/C19H26N4O/c1-16-8-10-22(11-9-16)19(24)15-21(2)13-17-12-20-23(14-17)18-6-4-3-5-7-18/h3-7,12,14,16H,8-11,13,15H2,1-2H3. The highest BCUT2D eigenvalue weighted by Gasteiger charge is 2.21. The van der Waals surface area contributed by atoms with Crippen LogP contribution in [0.2, 0.25) is 0 Å². The number of rotatable bonds is 5. The highest BCUT2D eigenvalue weighted by atomic mass is 16.2. The summed E-state index contributed by atoms with van der Waals surface area (Å²) < 4.78 is 1.87. The molecule has 128 valence electrons. The molecule has 2 heterocycles. The van der Waals surface area contributed by atoms with Gasteiger partial charge < -0.3 is 4.90 Å². The van der Waals surface area contributed by atoms with Crippen molar-refractivity contribution >= 4 is 5.91 Å². The lowest BCUT2D eigenvalue weighted by Gasteiger charge is -2.31. The molecule has 1 aromatic carbocycles. The van der Waals surface area contributed by atoms with Crippen LogP contribution in [0.1, 0.15) is 25.3 Å². The van der Waals surface area contributed by atoms with Gasteiger partial charge in [-0.15, -0.1) is 0 Å². The minimum Gasteiger partial charge on any atom is -0.342 e. The molecule has 0 unspecified atom stereocenters. The van der Waals surface area contributed by atoms with Crippen molar-refractivity contribution in [3.63, 3.8) is 0 Å². The number of aromatic nitrogens is 2. The lowest BCUT2D eigenvalue weighted by Crippen LogP contribution is -2.42. The first kappa shape index (κ1) is 16.7. The zero-order valence-corrected chi connectivity index (χ0v) is 14.6. The summed E-state index contributed by atoms with van der Waals surface area (Å²) in [6.07, 6.45) is 6.15. The molecule has 0 aliphatic carbocycles. The van der Waals surface area contributed by atoms with Gasteiger partial charge in [-0.25, -0.2) is 4.68 Å². The Kier molecular flexibility index (Phi) is 5.30. The third kappa shape index (κ3) is 4.23. The fourth-order valence-electron chi connectivity index (χ4n) is 3.12. The molecular formula is C19H26N4O. The minimum atomic E-state index is 0.236. The average molecular weight is 326 g/mol. The smallest absolute Gasteiger partial charge is 0.236 e. The Morgan fingerprint density at radius 2 is 1.96 bits per heavy atom. The van der Waals surface area contributed by atoms with Crippen molar-refractivity contribution in [2.45, 2.75) is 26.3 Å². The number of amides is 1. The van der Waals surface area contributed by atoms with Gasteiger partial charge in [0.2, 0.25) is 5.91 Å². The van der Waals surface area contributed by atoms with E-state index in [1.165, 1.54) is 0 Å². The van der Waals surface area contributed by atoms with Crippen molar-refractivity contribution in [3.8, 4) is 5.69 Å². The summed E-state index contributed by atoms with van der Waals surface area (Å²) in [6, 6.07) is 10.1. The molecule has 0 spiro atoms. The highest BCUT2D eigenvalue weighted by molar-refractivity contribution is 5.78. The van der Waals surface area contributed by atoms with Crippen LogP contribution in [-0.4, -0.2) is 52.2 Å². The van der Waals surface area contributed by atoms with Crippen LogP contribution in [0.15, 0.2) is 42.7 Å². The topological polar surface area (TPSA) is 41.4 Å². The second-order valence-electron chi connectivity index (χ2n) is 6.86. The van der Waals surface area contributed by atoms with Crippen molar-refractivity contribution in [2.24, 2.45) is 5.92 Å². The summed E-state index contributed by atoms with van der Waals surface area (Å²) in [5.74, 6) is 0.982. The van der Waals surface area contributed by atoms with Gasteiger partial charge in [-0.1, -0.05) is 25.1 Å². The second kappa shape index (κ2) is 7.62. The monoisotopic (exact) mass is 326 g/mol. The SMILES string of the molecule is CC1CCN(C(=O)CN(C)Cc2cnn(-c3ccccc3)c2)CC1. The Balaban J connectivity index is 1.53. The van der Waals surface area contributed by atoms with E-state index < -0.39 is 0 Å². The number of nitrogens with zero attached hydrogens (tertiary/aromatic N) is 4. The number of likely N-dealkylation sites (N-methyl/N-ethyl adjacent to an activating group) is 1. The first-order valence-electron chi connectivity index (χ1n) is 8.67. The van der Waals surface area contributed by atoms with Crippen LogP contribution < -0.4 is 0 Å². The number of carbonyl (C=O) groups excluding carboxylic acids is 1. The molecule has 1 aliphatic rings. The molecule has 1 aliphatic heterocycles. The van der Waals surface area contributed by atoms with Crippen molar-refractivity contribution < 1.29 is 4.79 Å². The van der Waals surface area contributed by atoms with Crippen LogP contribution in [0.4, 0.5) is 0 Å². The average Bonchev–Trinajstić information content (AvgIpc) is 3.04. The molecule has 0 atom stereocenters. The van der Waals surface area contributed by atoms with E-state index in [0.717, 1.165) is 49.6 Å². The predicted molar refractivity (Wildman–Crippen MR) is 94.9 cm³/mol. The minimum absolute atomic E-state index is 0.236. The van der Waals surface area contributed by atoms with Crippen LogP contribution in [-0.2, 0) is 11.3 Å². The number of piperidine rings is 1. The lowest BCUT2D eigenvalue weighted by molar-refractivity contribution is -0.133. The van der Waals surface area contributed by atoms with Gasteiger partial charge in [0.05, 0.1) is 18.4 Å². The molecule has 1 saturated heterocycles. The van der Waals surface area contributed by atoms with Gasteiger partial charge in [-0.2, -0.15) is 5.10 Å². The van der Waals surface area contributed by atoms with Gasteiger partial charge in [-0.05, 0) is 37.9 Å². The molecule has 2 aromatic rings. The normalized spacial score (nSPS) is 15.9. The fourth-order valence-corrected chi connectivity index (χ4v) is 3.12. The highest BCUT2D eigenvalue weighted by Crippen LogP contribution is 2.16. The van der Waals surface area contributed by atoms with Crippen LogP contribution in [0, 0.1) is 5.92 Å². The molecule has 0 N–H and O–H groups in total. The molecule has 5 heteroatoms. The Morgan fingerprint density at radius 3 is 2.67 bits per heavy atom. The van der Waals surface area contributed by atoms with Crippen molar-refractivity contribution in [1.82, 2.24) is 19.6 Å². The fraction of sp³-hybridized carbons (Fsp3) is 0.474. The summed E-state index contributed by atoms with van der Waals surface area (Å²) in [5.41, 5.74) is 2.16. The number of hydrogen-bond acceptors (Lipinski definition) is 3. The molecule has 24 heavy (non-hydrogen) atoms. The predicted octanol–water partition coefficient (Wildman–Crippen LogP) is 2.56. The first-order chi connectivity index (χ1) is 11.6. The number of para-hydroxylation sites is 1. The lowest BCUT2D eigenvalue weighted by atomic mass is 9.99. The summed E-state index contributed by atoms with van der Waals surface area (Å²) in [4.78, 5) is 16.5. The van der Waals surface area contributed by atoms with Gasteiger partial charge in [0, 0.05) is 31.4 Å². The van der Waals surface area contributed by atoms with E-state index in [-0.39, 0.29) is 5.91 Å². The zero-order chi connectivity index (χ0) is 16.9. The van der Waals surface area contributed by atoms with E-state index in [0.29, 0.717) is 6.54 Å². The Labute approximate surface area is 143 Å². The maximum absolute atomic E-state index is 12.4. The summed E-state index contributed by atoms with van der Waals surface area (Å²) in [6.45, 7) is 5.26. The summed E-state index contributed by atoms with van der Waals surface area (Å²) in [5, 5.41) is 4.41. The van der Waals surface area contributed by atoms with Gasteiger partial charge in [-0.3, -0.25) is 9.69 Å². The molecule has 0 bridgehead atoms. The van der Waals surface area contributed by atoms with Crippen molar-refractivity contribution in [3.05, 3.63) is 48.3 Å². The molecule has 1 amide bonds. The molecule has 3 rings (SSSR count). The third-order valence-corrected chi connectivity index (χ3v) is 4.65. The number of hydrogen-bond donors (Lipinski definition) is 0. The Hall–Kier alpha value is -2.14. The van der Waals surface area contributed by atoms with Gasteiger partial charge in [0.25, 0.3) is 0 Å². The van der Waals surface area contributed by atoms with E-state index in [1.54, 1.807) is 0 Å². The first-order valence-corrected chi connectivity index (χ1v) is 8.67. The van der Waals surface area contributed by atoms with E-state index in [9.17, 15) is 4.79 Å². The number of likely N-dealkylation sites (tertiary alicyclic amines) is 1. The molecule has 5 nitrogen and oxygen atoms in total. The largest absolute Gasteiger partial charge is 0.342 e. The zero-order valence-electron chi connectivity index (χ0n) is 14.6. The quantitative estimate of drug-likeness (QED) is 0.848. The number of carbonyl (C=O) groups is 1. The second-order valence-corrected chi connectivity index (χ2v) is 6.86. The van der Waals surface area contributed by atoms with E-state index in [2.05, 4.69) is 16.9 Å². The molecule has 1 fully saturated rings.